The van der Waals surface area contributed by atoms with E-state index >= 15 is 0 Å². The van der Waals surface area contributed by atoms with E-state index < -0.39 is 0 Å². The molecule has 0 bridgehead atoms. The molecular weight excluding hydrogens is 234 g/mol. The molecule has 7 heteroatoms. The molecule has 1 rings (SSSR count). The predicted octanol–water partition coefficient (Wildman–Crippen LogP) is -0.399. The summed E-state index contributed by atoms with van der Waals surface area (Å²) < 4.78 is 1.42. The first-order valence-corrected chi connectivity index (χ1v) is 5.84. The van der Waals surface area contributed by atoms with Crippen LogP contribution in [0.3, 0.4) is 0 Å². The lowest BCUT2D eigenvalue weighted by Crippen LogP contribution is -2.40. The van der Waals surface area contributed by atoms with Gasteiger partial charge in [-0.25, -0.2) is 0 Å². The highest BCUT2D eigenvalue weighted by molar-refractivity contribution is 5.99. The molecule has 7 nitrogen and oxygen atoms in total. The number of aryl methyl sites for hydroxylation is 1. The summed E-state index contributed by atoms with van der Waals surface area (Å²) in [4.78, 5) is 25.1. The van der Waals surface area contributed by atoms with E-state index in [1.807, 2.05) is 13.8 Å². The Hall–Kier alpha value is -2.05. The van der Waals surface area contributed by atoms with Crippen LogP contribution in [-0.4, -0.2) is 46.1 Å². The fourth-order valence-corrected chi connectivity index (χ4v) is 1.54. The van der Waals surface area contributed by atoms with Gasteiger partial charge < -0.3 is 16.0 Å². The maximum absolute atomic E-state index is 12.2. The fraction of sp³-hybridized carbons (Fsp3) is 0.545. The van der Waals surface area contributed by atoms with Crippen molar-refractivity contribution in [3.63, 3.8) is 0 Å². The number of likely N-dealkylation sites (N-methyl/N-ethyl adjacent to an activating group) is 2. The van der Waals surface area contributed by atoms with E-state index in [4.69, 9.17) is 5.73 Å². The normalized spacial score (nSPS) is 10.2. The zero-order chi connectivity index (χ0) is 13.7. The van der Waals surface area contributed by atoms with Gasteiger partial charge in [-0.15, -0.1) is 0 Å². The average molecular weight is 253 g/mol. The molecule has 1 aromatic rings. The number of hydrogen-bond donors (Lipinski definition) is 2. The molecule has 0 unspecified atom stereocenters. The van der Waals surface area contributed by atoms with Crippen molar-refractivity contribution in [3.8, 4) is 0 Å². The smallest absolute Gasteiger partial charge is 0.259 e. The second-order valence-electron chi connectivity index (χ2n) is 3.84. The van der Waals surface area contributed by atoms with Gasteiger partial charge >= 0.3 is 0 Å². The van der Waals surface area contributed by atoms with E-state index in [-0.39, 0.29) is 18.4 Å². The molecule has 0 fully saturated rings. The monoisotopic (exact) mass is 253 g/mol. The highest BCUT2D eigenvalue weighted by atomic mass is 16.2. The van der Waals surface area contributed by atoms with Crippen LogP contribution in [0, 0.1) is 0 Å². The van der Waals surface area contributed by atoms with Gasteiger partial charge in [0.2, 0.25) is 5.91 Å². The minimum absolute atomic E-state index is 0.0253. The van der Waals surface area contributed by atoms with Gasteiger partial charge in [0, 0.05) is 20.1 Å². The Morgan fingerprint density at radius 3 is 2.61 bits per heavy atom. The Morgan fingerprint density at radius 2 is 2.17 bits per heavy atom. The lowest BCUT2D eigenvalue weighted by atomic mass is 10.2. The maximum Gasteiger partial charge on any atom is 0.259 e. The van der Waals surface area contributed by atoms with Crippen LogP contribution < -0.4 is 11.1 Å². The first-order chi connectivity index (χ1) is 8.51. The van der Waals surface area contributed by atoms with Crippen molar-refractivity contribution < 1.29 is 9.59 Å². The van der Waals surface area contributed by atoms with Gasteiger partial charge in [-0.05, 0) is 13.8 Å². The summed E-state index contributed by atoms with van der Waals surface area (Å²) in [6, 6.07) is 0. The molecule has 0 aromatic carbocycles. The summed E-state index contributed by atoms with van der Waals surface area (Å²) in [6.45, 7) is 4.64. The van der Waals surface area contributed by atoms with Gasteiger partial charge in [0.15, 0.2) is 0 Å². The number of nitrogens with two attached hydrogens (primary N) is 1. The van der Waals surface area contributed by atoms with Crippen LogP contribution >= 0.6 is 0 Å². The van der Waals surface area contributed by atoms with E-state index in [2.05, 4.69) is 10.4 Å². The van der Waals surface area contributed by atoms with Crippen molar-refractivity contribution in [2.24, 2.45) is 7.05 Å². The Kier molecular flexibility index (Phi) is 4.70. The molecule has 0 aliphatic carbocycles. The summed E-state index contributed by atoms with van der Waals surface area (Å²) in [7, 11) is 1.66. The number of amides is 2. The molecule has 0 atom stereocenters. The third-order valence-corrected chi connectivity index (χ3v) is 2.59. The molecule has 0 saturated heterocycles. The van der Waals surface area contributed by atoms with E-state index in [1.165, 1.54) is 15.8 Å². The molecule has 2 amide bonds. The number of nitrogen functional groups attached to an aromatic ring is 1. The Labute approximate surface area is 106 Å². The molecule has 0 spiro atoms. The van der Waals surface area contributed by atoms with Gasteiger partial charge in [0.1, 0.15) is 11.4 Å². The summed E-state index contributed by atoms with van der Waals surface area (Å²) in [5.41, 5.74) is 6.06. The summed E-state index contributed by atoms with van der Waals surface area (Å²) in [5.74, 6) is -0.168. The SMILES string of the molecule is CCNC(=O)CN(CC)C(=O)c1cnn(C)c1N. The number of hydrogen-bond acceptors (Lipinski definition) is 4. The number of carbonyl (C=O) groups excluding carboxylic acids is 2. The van der Waals surface area contributed by atoms with Crippen molar-refractivity contribution in [1.29, 1.82) is 0 Å². The number of carbonyl (C=O) groups is 2. The zero-order valence-electron chi connectivity index (χ0n) is 10.9. The van der Waals surface area contributed by atoms with E-state index in [0.29, 0.717) is 24.5 Å². The van der Waals surface area contributed by atoms with E-state index in [0.717, 1.165) is 0 Å². The topological polar surface area (TPSA) is 93.2 Å². The first kappa shape index (κ1) is 14.0. The van der Waals surface area contributed by atoms with Crippen LogP contribution in [0.15, 0.2) is 6.20 Å². The van der Waals surface area contributed by atoms with Gasteiger partial charge in [-0.2, -0.15) is 5.10 Å². The van der Waals surface area contributed by atoms with Gasteiger partial charge in [-0.1, -0.05) is 0 Å². The fourth-order valence-electron chi connectivity index (χ4n) is 1.54. The van der Waals surface area contributed by atoms with Crippen LogP contribution in [0.5, 0.6) is 0 Å². The molecule has 18 heavy (non-hydrogen) atoms. The molecule has 0 saturated carbocycles. The lowest BCUT2D eigenvalue weighted by Gasteiger charge is -2.19. The minimum atomic E-state index is -0.283. The number of nitrogens with zero attached hydrogens (tertiary/aromatic N) is 3. The van der Waals surface area contributed by atoms with Crippen molar-refractivity contribution in [1.82, 2.24) is 20.0 Å². The van der Waals surface area contributed by atoms with Gasteiger partial charge in [-0.3, -0.25) is 14.3 Å². The molecule has 100 valence electrons. The zero-order valence-corrected chi connectivity index (χ0v) is 10.9. The summed E-state index contributed by atoms with van der Waals surface area (Å²) in [5, 5.41) is 6.56. The molecule has 0 aliphatic rings. The molecule has 1 heterocycles. The van der Waals surface area contributed by atoms with Gasteiger partial charge in [0.05, 0.1) is 12.7 Å². The van der Waals surface area contributed by atoms with Crippen LogP contribution in [0.4, 0.5) is 5.82 Å². The molecule has 1 aromatic heterocycles. The van der Waals surface area contributed by atoms with E-state index in [9.17, 15) is 9.59 Å². The van der Waals surface area contributed by atoms with Crippen LogP contribution in [0.2, 0.25) is 0 Å². The summed E-state index contributed by atoms with van der Waals surface area (Å²) >= 11 is 0. The molecule has 0 aliphatic heterocycles. The van der Waals surface area contributed by atoms with Crippen LogP contribution in [-0.2, 0) is 11.8 Å². The largest absolute Gasteiger partial charge is 0.383 e. The predicted molar refractivity (Wildman–Crippen MR) is 67.9 cm³/mol. The Bertz CT molecular complexity index is 441. The lowest BCUT2D eigenvalue weighted by molar-refractivity contribution is -0.121. The van der Waals surface area contributed by atoms with Crippen molar-refractivity contribution in [2.75, 3.05) is 25.4 Å². The van der Waals surface area contributed by atoms with Crippen molar-refractivity contribution in [2.45, 2.75) is 13.8 Å². The van der Waals surface area contributed by atoms with E-state index in [1.54, 1.807) is 7.05 Å². The number of rotatable bonds is 5. The Balaban J connectivity index is 2.80. The maximum atomic E-state index is 12.2. The molecular formula is C11H19N5O2. The third-order valence-electron chi connectivity index (χ3n) is 2.59. The van der Waals surface area contributed by atoms with Gasteiger partial charge in [0.25, 0.3) is 5.91 Å². The molecule has 3 N–H and O–H groups in total. The van der Waals surface area contributed by atoms with Crippen molar-refractivity contribution >= 4 is 17.6 Å². The first-order valence-electron chi connectivity index (χ1n) is 5.84. The molecule has 0 radical (unpaired) electrons. The second-order valence-corrected chi connectivity index (χ2v) is 3.84. The number of nitrogens with one attached hydrogen (secondary N) is 1. The second kappa shape index (κ2) is 6.04. The minimum Gasteiger partial charge on any atom is -0.383 e. The highest BCUT2D eigenvalue weighted by Crippen LogP contribution is 2.12. The van der Waals surface area contributed by atoms with Crippen LogP contribution in [0.25, 0.3) is 0 Å². The number of anilines is 1. The Morgan fingerprint density at radius 1 is 1.50 bits per heavy atom. The quantitative estimate of drug-likeness (QED) is 0.746. The van der Waals surface area contributed by atoms with Crippen LogP contribution in [0.1, 0.15) is 24.2 Å². The van der Waals surface area contributed by atoms with Crippen molar-refractivity contribution in [3.05, 3.63) is 11.8 Å². The number of aromatic nitrogens is 2. The summed E-state index contributed by atoms with van der Waals surface area (Å²) in [6.07, 6.45) is 1.41. The highest BCUT2D eigenvalue weighted by Gasteiger charge is 2.21. The average Bonchev–Trinajstić information content (AvgIpc) is 2.67. The third kappa shape index (κ3) is 2.99. The standard InChI is InChI=1S/C11H19N5O2/c1-4-13-9(17)7-16(5-2)11(18)8-6-14-15(3)10(8)12/h6H,4-5,7,12H2,1-3H3,(H,13,17).